The number of likely N-dealkylation sites (tertiary alicyclic amines) is 1. The van der Waals surface area contributed by atoms with E-state index in [0.29, 0.717) is 6.54 Å². The van der Waals surface area contributed by atoms with Gasteiger partial charge in [0, 0.05) is 18.8 Å². The number of anilines is 1. The Balaban J connectivity index is 1.49. The van der Waals surface area contributed by atoms with Gasteiger partial charge in [-0.1, -0.05) is 48.9 Å². The Kier molecular flexibility index (Phi) is 5.85. The van der Waals surface area contributed by atoms with Crippen LogP contribution in [0.25, 0.3) is 0 Å². The maximum Gasteiger partial charge on any atom is 0.319 e. The standard InChI is InChI=1S/C20H25N3O/c24-20(22-19-10-3-1-4-11-19)21-15-17-8-7-9-18(14-17)16-23-12-5-2-6-13-23/h1,3-4,7-11,14H,2,5-6,12-13,15-16H2,(H2,21,22,24). The quantitative estimate of drug-likeness (QED) is 0.873. The van der Waals surface area contributed by atoms with Gasteiger partial charge in [0.05, 0.1) is 0 Å². The minimum atomic E-state index is -0.178. The number of nitrogens with zero attached hydrogens (tertiary/aromatic N) is 1. The summed E-state index contributed by atoms with van der Waals surface area (Å²) in [6.07, 6.45) is 3.97. The van der Waals surface area contributed by atoms with Crippen molar-refractivity contribution in [2.45, 2.75) is 32.4 Å². The second-order valence-electron chi connectivity index (χ2n) is 6.33. The van der Waals surface area contributed by atoms with E-state index >= 15 is 0 Å². The first kappa shape index (κ1) is 16.5. The molecular formula is C20H25N3O. The van der Waals surface area contributed by atoms with Gasteiger partial charge in [-0.05, 0) is 49.2 Å². The van der Waals surface area contributed by atoms with Gasteiger partial charge in [0.2, 0.25) is 0 Å². The number of rotatable bonds is 5. The molecule has 2 N–H and O–H groups in total. The topological polar surface area (TPSA) is 44.4 Å². The maximum absolute atomic E-state index is 12.0. The molecule has 4 heteroatoms. The first-order valence-corrected chi connectivity index (χ1v) is 8.70. The predicted octanol–water partition coefficient (Wildman–Crippen LogP) is 3.99. The molecule has 2 aromatic carbocycles. The normalized spacial score (nSPS) is 15.0. The van der Waals surface area contributed by atoms with Crippen LogP contribution in [0.15, 0.2) is 54.6 Å². The monoisotopic (exact) mass is 323 g/mol. The zero-order valence-electron chi connectivity index (χ0n) is 14.0. The van der Waals surface area contributed by atoms with Crippen LogP contribution in [0.4, 0.5) is 10.5 Å². The van der Waals surface area contributed by atoms with E-state index in [0.717, 1.165) is 17.8 Å². The van der Waals surface area contributed by atoms with Crippen molar-refractivity contribution in [3.05, 3.63) is 65.7 Å². The Hall–Kier alpha value is -2.33. The fourth-order valence-corrected chi connectivity index (χ4v) is 3.09. The first-order chi connectivity index (χ1) is 11.8. The third-order valence-electron chi connectivity index (χ3n) is 4.33. The molecule has 1 fully saturated rings. The number of hydrogen-bond acceptors (Lipinski definition) is 2. The van der Waals surface area contributed by atoms with Crippen LogP contribution in [-0.2, 0) is 13.1 Å². The lowest BCUT2D eigenvalue weighted by Gasteiger charge is -2.26. The van der Waals surface area contributed by atoms with Crippen LogP contribution in [0.1, 0.15) is 30.4 Å². The molecule has 0 spiro atoms. The average Bonchev–Trinajstić information content (AvgIpc) is 2.62. The van der Waals surface area contributed by atoms with Gasteiger partial charge < -0.3 is 10.6 Å². The number of piperidine rings is 1. The van der Waals surface area contributed by atoms with Gasteiger partial charge >= 0.3 is 6.03 Å². The van der Waals surface area contributed by atoms with E-state index in [2.05, 4.69) is 39.8 Å². The van der Waals surface area contributed by atoms with Crippen LogP contribution in [0, 0.1) is 0 Å². The number of benzene rings is 2. The van der Waals surface area contributed by atoms with Crippen LogP contribution in [0.5, 0.6) is 0 Å². The second kappa shape index (κ2) is 8.50. The van der Waals surface area contributed by atoms with E-state index in [1.165, 1.54) is 37.9 Å². The van der Waals surface area contributed by atoms with Crippen LogP contribution in [0.3, 0.4) is 0 Å². The Labute approximate surface area is 143 Å². The number of urea groups is 1. The van der Waals surface area contributed by atoms with Crippen molar-refractivity contribution < 1.29 is 4.79 Å². The minimum Gasteiger partial charge on any atom is -0.334 e. The van der Waals surface area contributed by atoms with Crippen molar-refractivity contribution in [3.63, 3.8) is 0 Å². The van der Waals surface area contributed by atoms with Gasteiger partial charge in [-0.15, -0.1) is 0 Å². The molecule has 0 atom stereocenters. The highest BCUT2D eigenvalue weighted by molar-refractivity contribution is 5.89. The fourth-order valence-electron chi connectivity index (χ4n) is 3.09. The SMILES string of the molecule is O=C(NCc1cccc(CN2CCCCC2)c1)Nc1ccccc1. The van der Waals surface area contributed by atoms with Gasteiger partial charge in [0.1, 0.15) is 0 Å². The summed E-state index contributed by atoms with van der Waals surface area (Å²) < 4.78 is 0. The largest absolute Gasteiger partial charge is 0.334 e. The highest BCUT2D eigenvalue weighted by Gasteiger charge is 2.10. The molecule has 126 valence electrons. The van der Waals surface area contributed by atoms with Crippen molar-refractivity contribution in [1.82, 2.24) is 10.2 Å². The van der Waals surface area contributed by atoms with Crippen LogP contribution in [-0.4, -0.2) is 24.0 Å². The number of para-hydroxylation sites is 1. The molecule has 2 amide bonds. The molecular weight excluding hydrogens is 298 g/mol. The van der Waals surface area contributed by atoms with Gasteiger partial charge in [-0.25, -0.2) is 4.79 Å². The Morgan fingerprint density at radius 2 is 1.67 bits per heavy atom. The Morgan fingerprint density at radius 1 is 0.917 bits per heavy atom. The fraction of sp³-hybridized carbons (Fsp3) is 0.350. The molecule has 3 rings (SSSR count). The summed E-state index contributed by atoms with van der Waals surface area (Å²) in [5, 5.41) is 5.75. The lowest BCUT2D eigenvalue weighted by Crippen LogP contribution is -2.29. The molecule has 0 saturated carbocycles. The summed E-state index contributed by atoms with van der Waals surface area (Å²) in [5.41, 5.74) is 3.25. The van der Waals surface area contributed by atoms with Crippen molar-refractivity contribution in [3.8, 4) is 0 Å². The zero-order chi connectivity index (χ0) is 16.6. The molecule has 1 aliphatic heterocycles. The average molecular weight is 323 g/mol. The highest BCUT2D eigenvalue weighted by atomic mass is 16.2. The minimum absolute atomic E-state index is 0.178. The van der Waals surface area contributed by atoms with Crippen LogP contribution < -0.4 is 10.6 Å². The van der Waals surface area contributed by atoms with E-state index < -0.39 is 0 Å². The van der Waals surface area contributed by atoms with E-state index in [1.807, 2.05) is 30.3 Å². The van der Waals surface area contributed by atoms with Gasteiger partial charge in [-0.3, -0.25) is 4.90 Å². The highest BCUT2D eigenvalue weighted by Crippen LogP contribution is 2.14. The lowest BCUT2D eigenvalue weighted by atomic mass is 10.1. The van der Waals surface area contributed by atoms with Crippen molar-refractivity contribution >= 4 is 11.7 Å². The molecule has 0 aliphatic carbocycles. The summed E-state index contributed by atoms with van der Waals surface area (Å²) in [6.45, 7) is 3.93. The summed E-state index contributed by atoms with van der Waals surface area (Å²) >= 11 is 0. The van der Waals surface area contributed by atoms with Crippen LogP contribution >= 0.6 is 0 Å². The first-order valence-electron chi connectivity index (χ1n) is 8.70. The number of hydrogen-bond donors (Lipinski definition) is 2. The van der Waals surface area contributed by atoms with Crippen molar-refractivity contribution in [1.29, 1.82) is 0 Å². The third-order valence-corrected chi connectivity index (χ3v) is 4.33. The molecule has 1 heterocycles. The number of carbonyl (C=O) groups is 1. The summed E-state index contributed by atoms with van der Waals surface area (Å²) in [4.78, 5) is 14.5. The molecule has 4 nitrogen and oxygen atoms in total. The molecule has 1 saturated heterocycles. The van der Waals surface area contributed by atoms with E-state index in [-0.39, 0.29) is 6.03 Å². The molecule has 0 bridgehead atoms. The smallest absolute Gasteiger partial charge is 0.319 e. The zero-order valence-corrected chi connectivity index (χ0v) is 14.0. The molecule has 0 aromatic heterocycles. The summed E-state index contributed by atoms with van der Waals surface area (Å²) in [6, 6.07) is 17.8. The lowest BCUT2D eigenvalue weighted by molar-refractivity contribution is 0.221. The van der Waals surface area contributed by atoms with Crippen molar-refractivity contribution in [2.75, 3.05) is 18.4 Å². The van der Waals surface area contributed by atoms with Gasteiger partial charge in [0.15, 0.2) is 0 Å². The molecule has 24 heavy (non-hydrogen) atoms. The second-order valence-corrected chi connectivity index (χ2v) is 6.33. The van der Waals surface area contributed by atoms with E-state index in [4.69, 9.17) is 0 Å². The maximum atomic E-state index is 12.0. The third kappa shape index (κ3) is 5.10. The molecule has 2 aromatic rings. The summed E-state index contributed by atoms with van der Waals surface area (Å²) in [7, 11) is 0. The van der Waals surface area contributed by atoms with Crippen LogP contribution in [0.2, 0.25) is 0 Å². The molecule has 1 aliphatic rings. The van der Waals surface area contributed by atoms with E-state index in [1.54, 1.807) is 0 Å². The van der Waals surface area contributed by atoms with Crippen molar-refractivity contribution in [2.24, 2.45) is 0 Å². The number of nitrogens with one attached hydrogen (secondary N) is 2. The predicted molar refractivity (Wildman–Crippen MR) is 97.9 cm³/mol. The van der Waals surface area contributed by atoms with E-state index in [9.17, 15) is 4.79 Å². The number of carbonyl (C=O) groups excluding carboxylic acids is 1. The van der Waals surface area contributed by atoms with Gasteiger partial charge in [0.25, 0.3) is 0 Å². The summed E-state index contributed by atoms with van der Waals surface area (Å²) in [5.74, 6) is 0. The Morgan fingerprint density at radius 3 is 2.46 bits per heavy atom. The molecule has 0 unspecified atom stereocenters. The Bertz CT molecular complexity index is 651. The van der Waals surface area contributed by atoms with Gasteiger partial charge in [-0.2, -0.15) is 0 Å². The number of amides is 2. The molecule has 0 radical (unpaired) electrons.